The van der Waals surface area contributed by atoms with Crippen molar-refractivity contribution in [2.24, 2.45) is 0 Å². The second kappa shape index (κ2) is 6.61. The predicted molar refractivity (Wildman–Crippen MR) is 94.9 cm³/mol. The van der Waals surface area contributed by atoms with Crippen molar-refractivity contribution in [2.75, 3.05) is 13.7 Å². The van der Waals surface area contributed by atoms with Crippen LogP contribution in [0.25, 0.3) is 6.08 Å². The monoisotopic (exact) mass is 386 g/mol. The van der Waals surface area contributed by atoms with Crippen LogP contribution in [0.4, 0.5) is 0 Å². The Balaban J connectivity index is 2.06. The van der Waals surface area contributed by atoms with Crippen LogP contribution < -0.4 is 9.47 Å². The molecule has 0 aliphatic heterocycles. The fourth-order valence-corrected chi connectivity index (χ4v) is 3.25. The third-order valence-corrected chi connectivity index (χ3v) is 4.35. The molecule has 5 heteroatoms. The van der Waals surface area contributed by atoms with Crippen molar-refractivity contribution in [1.82, 2.24) is 0 Å². The van der Waals surface area contributed by atoms with E-state index in [1.807, 2.05) is 6.92 Å². The molecule has 0 aromatic heterocycles. The molecule has 2 aromatic rings. The molecular weight excluding hydrogens is 372 g/mol. The highest BCUT2D eigenvalue weighted by molar-refractivity contribution is 9.10. The highest BCUT2D eigenvalue weighted by Crippen LogP contribution is 2.38. The van der Waals surface area contributed by atoms with Crippen LogP contribution in [0, 0.1) is 0 Å². The molecule has 24 heavy (non-hydrogen) atoms. The molecule has 0 amide bonds. The first-order valence-electron chi connectivity index (χ1n) is 7.47. The van der Waals surface area contributed by atoms with Gasteiger partial charge in [0.2, 0.25) is 0 Å². The first-order chi connectivity index (χ1) is 11.6. The molecule has 1 aliphatic carbocycles. The summed E-state index contributed by atoms with van der Waals surface area (Å²) in [4.78, 5) is 24.9. The normalized spacial score (nSPS) is 13.0. The molecule has 1 aliphatic rings. The molecule has 4 nitrogen and oxygen atoms in total. The minimum atomic E-state index is -0.250. The third kappa shape index (κ3) is 2.76. The second-order valence-electron chi connectivity index (χ2n) is 5.23. The highest BCUT2D eigenvalue weighted by atomic mass is 79.9. The van der Waals surface area contributed by atoms with Gasteiger partial charge in [0, 0.05) is 11.1 Å². The molecule has 0 heterocycles. The van der Waals surface area contributed by atoms with Crippen LogP contribution in [0.1, 0.15) is 33.2 Å². The van der Waals surface area contributed by atoms with Crippen molar-refractivity contribution in [3.8, 4) is 11.5 Å². The largest absolute Gasteiger partial charge is 0.493 e. The van der Waals surface area contributed by atoms with Gasteiger partial charge in [-0.2, -0.15) is 0 Å². The Morgan fingerprint density at radius 2 is 1.71 bits per heavy atom. The summed E-state index contributed by atoms with van der Waals surface area (Å²) in [5.41, 5.74) is 1.75. The zero-order valence-electron chi connectivity index (χ0n) is 13.3. The summed E-state index contributed by atoms with van der Waals surface area (Å²) < 4.78 is 11.6. The molecule has 0 atom stereocenters. The van der Waals surface area contributed by atoms with Crippen LogP contribution in [-0.4, -0.2) is 25.3 Å². The van der Waals surface area contributed by atoms with Gasteiger partial charge in [-0.15, -0.1) is 0 Å². The lowest BCUT2D eigenvalue weighted by Gasteiger charge is -2.12. The van der Waals surface area contributed by atoms with Gasteiger partial charge in [0.1, 0.15) is 0 Å². The fourth-order valence-electron chi connectivity index (χ4n) is 2.68. The van der Waals surface area contributed by atoms with Gasteiger partial charge in [0.05, 0.1) is 23.8 Å². The van der Waals surface area contributed by atoms with Gasteiger partial charge >= 0.3 is 0 Å². The summed E-state index contributed by atoms with van der Waals surface area (Å²) in [5.74, 6) is 0.627. The number of Topliss-reactive ketones (excluding diaryl/α,β-unsaturated/α-hetero) is 2. The van der Waals surface area contributed by atoms with Crippen molar-refractivity contribution < 1.29 is 19.1 Å². The number of hydrogen-bond acceptors (Lipinski definition) is 4. The Labute approximate surface area is 148 Å². The molecule has 0 N–H and O–H groups in total. The number of ether oxygens (including phenoxy) is 2. The summed E-state index contributed by atoms with van der Waals surface area (Å²) in [5, 5.41) is 0. The van der Waals surface area contributed by atoms with E-state index in [1.54, 1.807) is 49.6 Å². The van der Waals surface area contributed by atoms with Gasteiger partial charge in [0.15, 0.2) is 23.1 Å². The first-order valence-corrected chi connectivity index (χ1v) is 8.26. The molecule has 0 saturated carbocycles. The maximum Gasteiger partial charge on any atom is 0.197 e. The van der Waals surface area contributed by atoms with Crippen LogP contribution in [0.5, 0.6) is 11.5 Å². The van der Waals surface area contributed by atoms with Crippen LogP contribution in [0.2, 0.25) is 0 Å². The third-order valence-electron chi connectivity index (χ3n) is 3.76. The van der Waals surface area contributed by atoms with Gasteiger partial charge in [-0.05, 0) is 46.6 Å². The zero-order valence-corrected chi connectivity index (χ0v) is 14.8. The predicted octanol–water partition coefficient (Wildman–Crippen LogP) is 4.32. The minimum absolute atomic E-state index is 0.161. The van der Waals surface area contributed by atoms with E-state index in [4.69, 9.17) is 9.47 Å². The van der Waals surface area contributed by atoms with Crippen molar-refractivity contribution in [3.63, 3.8) is 0 Å². The van der Waals surface area contributed by atoms with Gasteiger partial charge in [-0.1, -0.05) is 24.3 Å². The summed E-state index contributed by atoms with van der Waals surface area (Å²) in [6.07, 6.45) is 1.59. The maximum absolute atomic E-state index is 12.5. The van der Waals surface area contributed by atoms with Crippen molar-refractivity contribution >= 4 is 33.6 Å². The Kier molecular flexibility index (Phi) is 4.53. The van der Waals surface area contributed by atoms with Crippen molar-refractivity contribution in [3.05, 3.63) is 63.1 Å². The van der Waals surface area contributed by atoms with Crippen LogP contribution >= 0.6 is 15.9 Å². The molecule has 0 radical (unpaired) electrons. The van der Waals surface area contributed by atoms with E-state index in [1.165, 1.54) is 0 Å². The van der Waals surface area contributed by atoms with E-state index in [-0.39, 0.29) is 17.1 Å². The molecular formula is C19H15BrO4. The molecule has 0 fully saturated rings. The quantitative estimate of drug-likeness (QED) is 0.579. The topological polar surface area (TPSA) is 52.6 Å². The Morgan fingerprint density at radius 1 is 1.08 bits per heavy atom. The van der Waals surface area contributed by atoms with Gasteiger partial charge in [-0.3, -0.25) is 9.59 Å². The number of methoxy groups -OCH3 is 1. The Hall–Kier alpha value is -2.40. The first kappa shape index (κ1) is 16.5. The molecule has 0 saturated heterocycles. The lowest BCUT2D eigenvalue weighted by atomic mass is 10.1. The van der Waals surface area contributed by atoms with Crippen molar-refractivity contribution in [2.45, 2.75) is 6.92 Å². The van der Waals surface area contributed by atoms with E-state index in [2.05, 4.69) is 15.9 Å². The Bertz CT molecular complexity index is 831. The zero-order chi connectivity index (χ0) is 17.3. The SMILES string of the molecule is CCOc1c(Br)cc(C=C2C(=O)c3ccccc3C2=O)cc1OC. The highest BCUT2D eigenvalue weighted by Gasteiger charge is 2.32. The molecule has 0 unspecified atom stereocenters. The number of carbonyl (C=O) groups is 2. The summed E-state index contributed by atoms with van der Waals surface area (Å²) >= 11 is 3.44. The molecule has 3 rings (SSSR count). The van der Waals surface area contributed by atoms with Crippen LogP contribution in [0.3, 0.4) is 0 Å². The number of halogens is 1. The summed E-state index contributed by atoms with van der Waals surface area (Å²) in [6.45, 7) is 2.39. The molecule has 0 spiro atoms. The van der Waals surface area contributed by atoms with E-state index in [0.717, 1.165) is 0 Å². The van der Waals surface area contributed by atoms with Crippen molar-refractivity contribution in [1.29, 1.82) is 0 Å². The lowest BCUT2D eigenvalue weighted by Crippen LogP contribution is -2.01. The van der Waals surface area contributed by atoms with E-state index >= 15 is 0 Å². The van der Waals surface area contributed by atoms with Crippen LogP contribution in [-0.2, 0) is 0 Å². The number of fused-ring (bicyclic) bond motifs is 1. The number of benzene rings is 2. The average Bonchev–Trinajstić information content (AvgIpc) is 2.82. The number of carbonyl (C=O) groups excluding carboxylic acids is 2. The van der Waals surface area contributed by atoms with E-state index < -0.39 is 0 Å². The Morgan fingerprint density at radius 3 is 2.25 bits per heavy atom. The second-order valence-corrected chi connectivity index (χ2v) is 6.08. The van der Waals surface area contributed by atoms with Gasteiger partial charge < -0.3 is 9.47 Å². The smallest absolute Gasteiger partial charge is 0.197 e. The molecule has 2 aromatic carbocycles. The minimum Gasteiger partial charge on any atom is -0.493 e. The fraction of sp³-hybridized carbons (Fsp3) is 0.158. The number of ketones is 2. The number of rotatable bonds is 4. The summed E-state index contributed by atoms with van der Waals surface area (Å²) in [6, 6.07) is 10.4. The lowest BCUT2D eigenvalue weighted by molar-refractivity contribution is 0.0990. The standard InChI is InChI=1S/C19H15BrO4/c1-3-24-19-15(20)9-11(10-16(19)23-2)8-14-17(21)12-6-4-5-7-13(12)18(14)22/h4-10H,3H2,1-2H3. The van der Waals surface area contributed by atoms with Gasteiger partial charge in [-0.25, -0.2) is 0 Å². The van der Waals surface area contributed by atoms with E-state index in [9.17, 15) is 9.59 Å². The number of allylic oxidation sites excluding steroid dienone is 1. The summed E-state index contributed by atoms with van der Waals surface area (Å²) in [7, 11) is 1.54. The molecule has 122 valence electrons. The maximum atomic E-state index is 12.5. The van der Waals surface area contributed by atoms with E-state index in [0.29, 0.717) is 39.3 Å². The average molecular weight is 387 g/mol. The number of hydrogen-bond donors (Lipinski definition) is 0. The molecule has 0 bridgehead atoms. The van der Waals surface area contributed by atoms with Crippen LogP contribution in [0.15, 0.2) is 46.4 Å². The van der Waals surface area contributed by atoms with Gasteiger partial charge in [0.25, 0.3) is 0 Å².